The van der Waals surface area contributed by atoms with Crippen molar-refractivity contribution in [2.24, 2.45) is 0 Å². The van der Waals surface area contributed by atoms with Gasteiger partial charge >= 0.3 is 0 Å². The average Bonchev–Trinajstić information content (AvgIpc) is 3.07. The highest BCUT2D eigenvalue weighted by Gasteiger charge is 2.15. The van der Waals surface area contributed by atoms with Gasteiger partial charge in [-0.15, -0.1) is 0 Å². The van der Waals surface area contributed by atoms with Gasteiger partial charge in [-0.1, -0.05) is 30.3 Å². The molecule has 0 spiro atoms. The van der Waals surface area contributed by atoms with Crippen molar-refractivity contribution in [2.45, 2.75) is 18.9 Å². The maximum atomic E-state index is 5.62. The Labute approximate surface area is 124 Å². The monoisotopic (exact) mass is 284 g/mol. The molecule has 1 saturated heterocycles. The number of nitrogens with zero attached hydrogens (tertiary/aromatic N) is 2. The molecule has 1 unspecified atom stereocenters. The van der Waals surface area contributed by atoms with E-state index in [0.717, 1.165) is 49.0 Å². The number of hydrogen-bond donors (Lipinski definition) is 2. The van der Waals surface area contributed by atoms with Gasteiger partial charge in [0.25, 0.3) is 0 Å². The van der Waals surface area contributed by atoms with Crippen LogP contribution in [0.2, 0.25) is 0 Å². The van der Waals surface area contributed by atoms with Crippen LogP contribution >= 0.6 is 0 Å². The second-order valence-electron chi connectivity index (χ2n) is 5.09. The first kappa shape index (κ1) is 13.8. The van der Waals surface area contributed by atoms with Crippen LogP contribution < -0.4 is 10.6 Å². The zero-order valence-corrected chi connectivity index (χ0v) is 12.2. The van der Waals surface area contributed by atoms with E-state index in [1.807, 2.05) is 43.4 Å². The van der Waals surface area contributed by atoms with E-state index in [1.54, 1.807) is 0 Å². The predicted molar refractivity (Wildman–Crippen MR) is 84.5 cm³/mol. The van der Waals surface area contributed by atoms with Crippen LogP contribution in [-0.4, -0.2) is 36.3 Å². The molecule has 1 aliphatic heterocycles. The molecule has 1 aromatic carbocycles. The van der Waals surface area contributed by atoms with Gasteiger partial charge in [0.05, 0.1) is 6.10 Å². The fourth-order valence-electron chi connectivity index (χ4n) is 2.41. The minimum absolute atomic E-state index is 0.290. The summed E-state index contributed by atoms with van der Waals surface area (Å²) in [5.41, 5.74) is 1.01. The molecule has 5 heteroatoms. The van der Waals surface area contributed by atoms with E-state index >= 15 is 0 Å². The van der Waals surface area contributed by atoms with Crippen LogP contribution in [0, 0.1) is 0 Å². The molecule has 3 rings (SSSR count). The van der Waals surface area contributed by atoms with Gasteiger partial charge in [0, 0.05) is 31.8 Å². The Hall–Kier alpha value is -2.14. The minimum Gasteiger partial charge on any atom is -0.376 e. The van der Waals surface area contributed by atoms with E-state index in [2.05, 4.69) is 20.6 Å². The summed E-state index contributed by atoms with van der Waals surface area (Å²) < 4.78 is 5.62. The minimum atomic E-state index is 0.290. The SMILES string of the molecule is CNc1cc(NCC2CCCO2)nc(-c2ccccc2)n1. The van der Waals surface area contributed by atoms with E-state index in [-0.39, 0.29) is 6.10 Å². The van der Waals surface area contributed by atoms with Gasteiger partial charge in [0.1, 0.15) is 11.6 Å². The van der Waals surface area contributed by atoms with Crippen molar-refractivity contribution in [3.63, 3.8) is 0 Å². The Kier molecular flexibility index (Phi) is 4.31. The van der Waals surface area contributed by atoms with Crippen LogP contribution in [-0.2, 0) is 4.74 Å². The molecule has 0 amide bonds. The molecule has 0 aliphatic carbocycles. The van der Waals surface area contributed by atoms with Crippen molar-refractivity contribution in [3.8, 4) is 11.4 Å². The normalized spacial score (nSPS) is 17.7. The molecule has 2 aromatic rings. The number of rotatable bonds is 5. The fraction of sp³-hybridized carbons (Fsp3) is 0.375. The lowest BCUT2D eigenvalue weighted by atomic mass is 10.2. The molecule has 21 heavy (non-hydrogen) atoms. The molecule has 0 bridgehead atoms. The van der Waals surface area contributed by atoms with Gasteiger partial charge in [-0.3, -0.25) is 0 Å². The zero-order chi connectivity index (χ0) is 14.5. The summed E-state index contributed by atoms with van der Waals surface area (Å²) in [7, 11) is 1.86. The average molecular weight is 284 g/mol. The first-order chi connectivity index (χ1) is 10.3. The lowest BCUT2D eigenvalue weighted by molar-refractivity contribution is 0.120. The van der Waals surface area contributed by atoms with Crippen molar-refractivity contribution in [2.75, 3.05) is 30.8 Å². The van der Waals surface area contributed by atoms with Crippen LogP contribution in [0.3, 0.4) is 0 Å². The highest BCUT2D eigenvalue weighted by atomic mass is 16.5. The van der Waals surface area contributed by atoms with Gasteiger partial charge in [0.2, 0.25) is 0 Å². The molecule has 2 heterocycles. The highest BCUT2D eigenvalue weighted by Crippen LogP contribution is 2.20. The van der Waals surface area contributed by atoms with Gasteiger partial charge in [0.15, 0.2) is 5.82 Å². The standard InChI is InChI=1S/C16H20N4O/c1-17-14-10-15(18-11-13-8-5-9-21-13)20-16(19-14)12-6-3-2-4-7-12/h2-4,6-7,10,13H,5,8-9,11H2,1H3,(H2,17,18,19,20). The first-order valence-electron chi connectivity index (χ1n) is 7.33. The first-order valence-corrected chi connectivity index (χ1v) is 7.33. The summed E-state index contributed by atoms with van der Waals surface area (Å²) in [5.74, 6) is 2.35. The summed E-state index contributed by atoms with van der Waals surface area (Å²) in [5, 5.41) is 6.44. The van der Waals surface area contributed by atoms with Gasteiger partial charge < -0.3 is 15.4 Å². The maximum Gasteiger partial charge on any atom is 0.163 e. The molecule has 1 aliphatic rings. The van der Waals surface area contributed by atoms with Crippen LogP contribution in [0.15, 0.2) is 36.4 Å². The quantitative estimate of drug-likeness (QED) is 0.884. The van der Waals surface area contributed by atoms with Crippen molar-refractivity contribution in [1.29, 1.82) is 0 Å². The largest absolute Gasteiger partial charge is 0.376 e. The number of benzene rings is 1. The third kappa shape index (κ3) is 3.49. The third-order valence-corrected chi connectivity index (χ3v) is 3.55. The van der Waals surface area contributed by atoms with Crippen molar-refractivity contribution < 1.29 is 4.74 Å². The lowest BCUT2D eigenvalue weighted by Crippen LogP contribution is -2.19. The Bertz CT molecular complexity index is 582. The lowest BCUT2D eigenvalue weighted by Gasteiger charge is -2.13. The van der Waals surface area contributed by atoms with Crippen molar-refractivity contribution in [1.82, 2.24) is 9.97 Å². The predicted octanol–water partition coefficient (Wildman–Crippen LogP) is 2.78. The summed E-state index contributed by atoms with van der Waals surface area (Å²) in [4.78, 5) is 9.10. The molecule has 1 fully saturated rings. The zero-order valence-electron chi connectivity index (χ0n) is 12.2. The third-order valence-electron chi connectivity index (χ3n) is 3.55. The smallest absolute Gasteiger partial charge is 0.163 e. The van der Waals surface area contributed by atoms with Gasteiger partial charge in [-0.25, -0.2) is 9.97 Å². The number of aromatic nitrogens is 2. The summed E-state index contributed by atoms with van der Waals surface area (Å²) >= 11 is 0. The molecule has 0 radical (unpaired) electrons. The molecule has 1 aromatic heterocycles. The molecule has 1 atom stereocenters. The number of hydrogen-bond acceptors (Lipinski definition) is 5. The fourth-order valence-corrected chi connectivity index (χ4v) is 2.41. The second kappa shape index (κ2) is 6.54. The summed E-state index contributed by atoms with van der Waals surface area (Å²) in [6.45, 7) is 1.65. The van der Waals surface area contributed by atoms with E-state index in [0.29, 0.717) is 0 Å². The second-order valence-corrected chi connectivity index (χ2v) is 5.09. The van der Waals surface area contributed by atoms with Crippen LogP contribution in [0.4, 0.5) is 11.6 Å². The number of anilines is 2. The number of ether oxygens (including phenoxy) is 1. The van der Waals surface area contributed by atoms with Crippen LogP contribution in [0.5, 0.6) is 0 Å². The molecular weight excluding hydrogens is 264 g/mol. The summed E-state index contributed by atoms with van der Waals surface area (Å²) in [6, 6.07) is 11.9. The van der Waals surface area contributed by atoms with Crippen LogP contribution in [0.1, 0.15) is 12.8 Å². The van der Waals surface area contributed by atoms with Gasteiger partial charge in [-0.2, -0.15) is 0 Å². The van der Waals surface area contributed by atoms with Crippen LogP contribution in [0.25, 0.3) is 11.4 Å². The summed E-state index contributed by atoms with van der Waals surface area (Å²) in [6.07, 6.45) is 2.55. The van der Waals surface area contributed by atoms with Gasteiger partial charge in [-0.05, 0) is 12.8 Å². The highest BCUT2D eigenvalue weighted by molar-refractivity contribution is 5.61. The van der Waals surface area contributed by atoms with E-state index < -0.39 is 0 Å². The van der Waals surface area contributed by atoms with E-state index in [4.69, 9.17) is 4.74 Å². The topological polar surface area (TPSA) is 59.1 Å². The van der Waals surface area contributed by atoms with E-state index in [1.165, 1.54) is 0 Å². The van der Waals surface area contributed by atoms with Crippen molar-refractivity contribution >= 4 is 11.6 Å². The molecule has 0 saturated carbocycles. The molecule has 110 valence electrons. The van der Waals surface area contributed by atoms with E-state index in [9.17, 15) is 0 Å². The van der Waals surface area contributed by atoms with Crippen molar-refractivity contribution in [3.05, 3.63) is 36.4 Å². The Morgan fingerprint density at radius 1 is 1.19 bits per heavy atom. The Balaban J connectivity index is 1.79. The molecular formula is C16H20N4O. The Morgan fingerprint density at radius 2 is 2.00 bits per heavy atom. The Morgan fingerprint density at radius 3 is 2.71 bits per heavy atom. The molecule has 5 nitrogen and oxygen atoms in total. The maximum absolute atomic E-state index is 5.62. The molecule has 2 N–H and O–H groups in total. The number of nitrogens with one attached hydrogen (secondary N) is 2.